The quantitative estimate of drug-likeness (QED) is 0.568. The van der Waals surface area contributed by atoms with Crippen molar-refractivity contribution < 1.29 is 9.47 Å². The highest BCUT2D eigenvalue weighted by Gasteiger charge is 2.38. The van der Waals surface area contributed by atoms with Crippen LogP contribution in [0.1, 0.15) is 46.0 Å². The number of aliphatic imine (C=N–C) groups is 1. The van der Waals surface area contributed by atoms with Gasteiger partial charge in [-0.2, -0.15) is 0 Å². The highest BCUT2D eigenvalue weighted by molar-refractivity contribution is 5.79. The number of ether oxygens (including phenoxy) is 2. The molecule has 1 saturated carbocycles. The molecule has 2 aliphatic rings. The number of guanidine groups is 1. The lowest BCUT2D eigenvalue weighted by atomic mass is 9.80. The molecule has 1 heterocycles. The van der Waals surface area contributed by atoms with E-state index in [1.807, 2.05) is 7.05 Å². The van der Waals surface area contributed by atoms with Gasteiger partial charge in [-0.1, -0.05) is 19.3 Å². The van der Waals surface area contributed by atoms with E-state index in [9.17, 15) is 0 Å². The zero-order valence-corrected chi connectivity index (χ0v) is 16.0. The molecule has 140 valence electrons. The molecule has 2 rings (SSSR count). The SMILES string of the molecule is CN=C(NCC(C)(C)OC)NCC1(N2CCOCC2)CCCCC1. The van der Waals surface area contributed by atoms with E-state index in [0.29, 0.717) is 0 Å². The molecule has 1 saturated heterocycles. The first-order chi connectivity index (χ1) is 11.5. The van der Waals surface area contributed by atoms with Gasteiger partial charge in [-0.05, 0) is 26.7 Å². The van der Waals surface area contributed by atoms with Crippen LogP contribution >= 0.6 is 0 Å². The molecule has 0 aromatic heterocycles. The van der Waals surface area contributed by atoms with Gasteiger partial charge < -0.3 is 20.1 Å². The fourth-order valence-corrected chi connectivity index (χ4v) is 3.69. The Morgan fingerprint density at radius 2 is 1.83 bits per heavy atom. The zero-order valence-electron chi connectivity index (χ0n) is 16.0. The molecule has 0 radical (unpaired) electrons. The van der Waals surface area contributed by atoms with E-state index >= 15 is 0 Å². The molecular formula is C18H36N4O2. The number of hydrogen-bond donors (Lipinski definition) is 2. The molecule has 1 aliphatic carbocycles. The molecule has 0 unspecified atom stereocenters. The van der Waals surface area contributed by atoms with Crippen LogP contribution in [-0.2, 0) is 9.47 Å². The first-order valence-electron chi connectivity index (χ1n) is 9.34. The number of morpholine rings is 1. The molecule has 0 atom stereocenters. The predicted molar refractivity (Wildman–Crippen MR) is 98.7 cm³/mol. The van der Waals surface area contributed by atoms with Crippen LogP contribution in [0, 0.1) is 0 Å². The largest absolute Gasteiger partial charge is 0.379 e. The summed E-state index contributed by atoms with van der Waals surface area (Å²) in [6, 6.07) is 0. The highest BCUT2D eigenvalue weighted by atomic mass is 16.5. The molecule has 6 nitrogen and oxygen atoms in total. The van der Waals surface area contributed by atoms with E-state index in [1.165, 1.54) is 32.1 Å². The summed E-state index contributed by atoms with van der Waals surface area (Å²) in [5, 5.41) is 6.97. The third kappa shape index (κ3) is 5.33. The van der Waals surface area contributed by atoms with E-state index in [2.05, 4.69) is 34.4 Å². The fraction of sp³-hybridized carbons (Fsp3) is 0.944. The first-order valence-corrected chi connectivity index (χ1v) is 9.34. The number of hydrogen-bond acceptors (Lipinski definition) is 4. The third-order valence-corrected chi connectivity index (χ3v) is 5.51. The van der Waals surface area contributed by atoms with Crippen LogP contribution in [0.4, 0.5) is 0 Å². The molecule has 1 aliphatic heterocycles. The molecule has 0 aromatic carbocycles. The van der Waals surface area contributed by atoms with Crippen molar-refractivity contribution in [3.63, 3.8) is 0 Å². The Kier molecular flexibility index (Phi) is 7.32. The van der Waals surface area contributed by atoms with Crippen LogP contribution in [0.5, 0.6) is 0 Å². The third-order valence-electron chi connectivity index (χ3n) is 5.51. The molecule has 6 heteroatoms. The second-order valence-corrected chi connectivity index (χ2v) is 7.63. The summed E-state index contributed by atoms with van der Waals surface area (Å²) in [6.45, 7) is 9.63. The van der Waals surface area contributed by atoms with Crippen LogP contribution in [0.2, 0.25) is 0 Å². The van der Waals surface area contributed by atoms with Crippen molar-refractivity contribution in [2.75, 3.05) is 53.6 Å². The maximum absolute atomic E-state index is 5.56. The minimum absolute atomic E-state index is 0.204. The smallest absolute Gasteiger partial charge is 0.191 e. The van der Waals surface area contributed by atoms with Crippen LogP contribution in [0.15, 0.2) is 4.99 Å². The van der Waals surface area contributed by atoms with E-state index in [4.69, 9.17) is 9.47 Å². The molecular weight excluding hydrogens is 304 g/mol. The van der Waals surface area contributed by atoms with Gasteiger partial charge in [0.1, 0.15) is 0 Å². The molecule has 0 spiro atoms. The molecule has 0 bridgehead atoms. The normalized spacial score (nSPS) is 23.1. The van der Waals surface area contributed by atoms with E-state index in [1.54, 1.807) is 7.11 Å². The Morgan fingerprint density at radius 1 is 1.17 bits per heavy atom. The van der Waals surface area contributed by atoms with Crippen molar-refractivity contribution in [3.05, 3.63) is 0 Å². The van der Waals surface area contributed by atoms with Crippen molar-refractivity contribution >= 4 is 5.96 Å². The van der Waals surface area contributed by atoms with Gasteiger partial charge in [-0.3, -0.25) is 9.89 Å². The Morgan fingerprint density at radius 3 is 2.42 bits per heavy atom. The monoisotopic (exact) mass is 340 g/mol. The lowest BCUT2D eigenvalue weighted by Crippen LogP contribution is -2.60. The van der Waals surface area contributed by atoms with Crippen molar-refractivity contribution in [1.29, 1.82) is 0 Å². The Hall–Kier alpha value is -0.850. The highest BCUT2D eigenvalue weighted by Crippen LogP contribution is 2.33. The van der Waals surface area contributed by atoms with E-state index < -0.39 is 0 Å². The minimum Gasteiger partial charge on any atom is -0.379 e. The van der Waals surface area contributed by atoms with E-state index in [-0.39, 0.29) is 11.1 Å². The molecule has 24 heavy (non-hydrogen) atoms. The van der Waals surface area contributed by atoms with Crippen LogP contribution in [0.25, 0.3) is 0 Å². The van der Waals surface area contributed by atoms with Crippen LogP contribution in [0.3, 0.4) is 0 Å². The van der Waals surface area contributed by atoms with E-state index in [0.717, 1.165) is 45.4 Å². The summed E-state index contributed by atoms with van der Waals surface area (Å²) >= 11 is 0. The Balaban J connectivity index is 1.93. The summed E-state index contributed by atoms with van der Waals surface area (Å²) in [4.78, 5) is 7.03. The second-order valence-electron chi connectivity index (χ2n) is 7.63. The Labute approximate surface area is 147 Å². The minimum atomic E-state index is -0.204. The number of nitrogens with zero attached hydrogens (tertiary/aromatic N) is 2. The van der Waals surface area contributed by atoms with Gasteiger partial charge in [0.15, 0.2) is 5.96 Å². The Bertz CT molecular complexity index is 400. The van der Waals surface area contributed by atoms with Gasteiger partial charge >= 0.3 is 0 Å². The van der Waals surface area contributed by atoms with Crippen molar-refractivity contribution in [2.24, 2.45) is 4.99 Å². The topological polar surface area (TPSA) is 58.1 Å². The average Bonchev–Trinajstić information content (AvgIpc) is 2.63. The van der Waals surface area contributed by atoms with Crippen LogP contribution < -0.4 is 10.6 Å². The summed E-state index contributed by atoms with van der Waals surface area (Å²) in [7, 11) is 3.57. The summed E-state index contributed by atoms with van der Waals surface area (Å²) in [5.41, 5.74) is 0.0424. The maximum Gasteiger partial charge on any atom is 0.191 e. The van der Waals surface area contributed by atoms with Crippen LogP contribution in [-0.4, -0.2) is 75.5 Å². The molecule has 2 fully saturated rings. The van der Waals surface area contributed by atoms with Gasteiger partial charge in [0, 0.05) is 45.9 Å². The van der Waals surface area contributed by atoms with Gasteiger partial charge in [0.25, 0.3) is 0 Å². The maximum atomic E-state index is 5.56. The molecule has 0 aromatic rings. The summed E-state index contributed by atoms with van der Waals surface area (Å²) in [5.74, 6) is 0.860. The number of nitrogens with one attached hydrogen (secondary N) is 2. The fourth-order valence-electron chi connectivity index (χ4n) is 3.69. The summed E-state index contributed by atoms with van der Waals surface area (Å²) in [6.07, 6.45) is 6.53. The van der Waals surface area contributed by atoms with Gasteiger partial charge in [0.2, 0.25) is 0 Å². The number of methoxy groups -OCH3 is 1. The lowest BCUT2D eigenvalue weighted by molar-refractivity contribution is -0.0353. The predicted octanol–water partition coefficient (Wildman–Crippen LogP) is 1.61. The molecule has 0 amide bonds. The molecule has 2 N–H and O–H groups in total. The zero-order chi connectivity index (χ0) is 17.5. The van der Waals surface area contributed by atoms with Crippen molar-refractivity contribution in [1.82, 2.24) is 15.5 Å². The average molecular weight is 341 g/mol. The first kappa shape index (κ1) is 19.5. The second kappa shape index (κ2) is 9.02. The van der Waals surface area contributed by atoms with Gasteiger partial charge in [0.05, 0.1) is 18.8 Å². The van der Waals surface area contributed by atoms with Gasteiger partial charge in [-0.25, -0.2) is 0 Å². The standard InChI is InChI=1S/C18H36N4O2/c1-17(2,23-4)14-20-16(19-3)21-15-18(8-6-5-7-9-18)22-10-12-24-13-11-22/h5-15H2,1-4H3,(H2,19,20,21). The summed E-state index contributed by atoms with van der Waals surface area (Å²) < 4.78 is 11.0. The van der Waals surface area contributed by atoms with Gasteiger partial charge in [-0.15, -0.1) is 0 Å². The van der Waals surface area contributed by atoms with Crippen molar-refractivity contribution in [3.8, 4) is 0 Å². The van der Waals surface area contributed by atoms with Crippen molar-refractivity contribution in [2.45, 2.75) is 57.1 Å². The lowest BCUT2D eigenvalue weighted by Gasteiger charge is -2.48. The number of rotatable bonds is 6.